The molecule has 2 aliphatic rings. The fourth-order valence-corrected chi connectivity index (χ4v) is 6.35. The SMILES string of the molecule is Nc1cccc(-c2cccc(OC3CC(C(=O)O)N(C(=O)c4cnn(-c5ccc(F)cc5Cl)c4)C3)c2)c1C=NCCN1CCN(C=O)CC1. The number of aromatic nitrogens is 2. The number of halogens is 2. The predicted octanol–water partition coefficient (Wildman–Crippen LogP) is 3.85. The Morgan fingerprint density at radius 1 is 1.10 bits per heavy atom. The van der Waals surface area contributed by atoms with Crippen molar-refractivity contribution in [2.75, 3.05) is 51.5 Å². The van der Waals surface area contributed by atoms with Gasteiger partial charge in [0.25, 0.3) is 5.91 Å². The van der Waals surface area contributed by atoms with Gasteiger partial charge in [0.15, 0.2) is 0 Å². The van der Waals surface area contributed by atoms with Gasteiger partial charge < -0.3 is 25.4 Å². The molecule has 2 amide bonds. The van der Waals surface area contributed by atoms with Crippen molar-refractivity contribution in [1.29, 1.82) is 0 Å². The van der Waals surface area contributed by atoms with Crippen LogP contribution in [-0.2, 0) is 9.59 Å². The number of likely N-dealkylation sites (tertiary alicyclic amines) is 1. The Hall–Kier alpha value is -5.27. The first-order valence-corrected chi connectivity index (χ1v) is 16.2. The second kappa shape index (κ2) is 14.9. The van der Waals surface area contributed by atoms with Gasteiger partial charge in [0, 0.05) is 62.8 Å². The molecule has 0 saturated carbocycles. The third kappa shape index (κ3) is 7.74. The number of hydrogen-bond acceptors (Lipinski definition) is 8. The van der Waals surface area contributed by atoms with Crippen molar-refractivity contribution in [3.8, 4) is 22.6 Å². The van der Waals surface area contributed by atoms with E-state index in [4.69, 9.17) is 22.1 Å². The quantitative estimate of drug-likeness (QED) is 0.137. The molecule has 3 aromatic carbocycles. The zero-order valence-electron chi connectivity index (χ0n) is 26.5. The smallest absolute Gasteiger partial charge is 0.326 e. The Morgan fingerprint density at radius 2 is 1.90 bits per heavy atom. The molecular formula is C35H35ClFN7O5. The van der Waals surface area contributed by atoms with E-state index in [9.17, 15) is 23.9 Å². The molecule has 14 heteroatoms. The lowest BCUT2D eigenvalue weighted by atomic mass is 9.98. The van der Waals surface area contributed by atoms with Crippen molar-refractivity contribution in [3.63, 3.8) is 0 Å². The van der Waals surface area contributed by atoms with E-state index in [1.54, 1.807) is 17.2 Å². The molecule has 49 heavy (non-hydrogen) atoms. The topological polar surface area (TPSA) is 147 Å². The van der Waals surface area contributed by atoms with E-state index in [2.05, 4.69) is 15.0 Å². The van der Waals surface area contributed by atoms with Crippen molar-refractivity contribution in [1.82, 2.24) is 24.5 Å². The van der Waals surface area contributed by atoms with Crippen molar-refractivity contribution in [2.45, 2.75) is 18.6 Å². The number of nitrogen functional groups attached to an aromatic ring is 1. The van der Waals surface area contributed by atoms with E-state index < -0.39 is 29.8 Å². The number of aliphatic imine (C=N–C) groups is 1. The van der Waals surface area contributed by atoms with E-state index in [-0.39, 0.29) is 23.6 Å². The van der Waals surface area contributed by atoms with Crippen molar-refractivity contribution in [3.05, 3.63) is 95.0 Å². The number of carboxylic acids is 1. The van der Waals surface area contributed by atoms with Gasteiger partial charge in [-0.2, -0.15) is 5.10 Å². The second-order valence-electron chi connectivity index (χ2n) is 11.9. The summed E-state index contributed by atoms with van der Waals surface area (Å²) in [5.74, 6) is -1.66. The van der Waals surface area contributed by atoms with E-state index in [0.29, 0.717) is 36.8 Å². The van der Waals surface area contributed by atoms with Crippen LogP contribution in [0.25, 0.3) is 16.8 Å². The lowest BCUT2D eigenvalue weighted by Crippen LogP contribution is -2.46. The van der Waals surface area contributed by atoms with Gasteiger partial charge in [-0.05, 0) is 47.5 Å². The van der Waals surface area contributed by atoms with Crippen LogP contribution in [0.15, 0.2) is 78.0 Å². The van der Waals surface area contributed by atoms with Crippen LogP contribution in [0.1, 0.15) is 22.3 Å². The Morgan fingerprint density at radius 3 is 2.65 bits per heavy atom. The monoisotopic (exact) mass is 687 g/mol. The van der Waals surface area contributed by atoms with Crippen LogP contribution in [0, 0.1) is 5.82 Å². The van der Waals surface area contributed by atoms with E-state index >= 15 is 0 Å². The number of nitrogens with zero attached hydrogens (tertiary/aromatic N) is 6. The van der Waals surface area contributed by atoms with Crippen LogP contribution in [0.3, 0.4) is 0 Å². The lowest BCUT2D eigenvalue weighted by molar-refractivity contribution is -0.141. The molecule has 254 valence electrons. The molecule has 6 rings (SSSR count). The zero-order valence-corrected chi connectivity index (χ0v) is 27.2. The number of piperazine rings is 1. The number of carboxylic acid groups (broad SMARTS) is 1. The van der Waals surface area contributed by atoms with Crippen molar-refractivity contribution < 1.29 is 28.6 Å². The Kier molecular flexibility index (Phi) is 10.2. The molecule has 2 saturated heterocycles. The predicted molar refractivity (Wildman–Crippen MR) is 183 cm³/mol. The van der Waals surface area contributed by atoms with Crippen molar-refractivity contribution >= 4 is 41.8 Å². The molecule has 2 unspecified atom stereocenters. The highest BCUT2D eigenvalue weighted by Gasteiger charge is 2.41. The van der Waals surface area contributed by atoms with Crippen LogP contribution in [0.5, 0.6) is 5.75 Å². The normalized spacial score (nSPS) is 18.2. The first-order valence-electron chi connectivity index (χ1n) is 15.8. The van der Waals surface area contributed by atoms with Gasteiger partial charge in [0.1, 0.15) is 23.7 Å². The molecule has 12 nitrogen and oxygen atoms in total. The Bertz CT molecular complexity index is 1880. The third-order valence-corrected chi connectivity index (χ3v) is 9.01. The molecule has 3 heterocycles. The fraction of sp³-hybridized carbons (Fsp3) is 0.286. The van der Waals surface area contributed by atoms with Crippen LogP contribution >= 0.6 is 11.6 Å². The minimum atomic E-state index is -1.14. The summed E-state index contributed by atoms with van der Waals surface area (Å²) in [5.41, 5.74) is 9.95. The van der Waals surface area contributed by atoms with Crippen LogP contribution in [0.4, 0.5) is 10.1 Å². The molecule has 3 N–H and O–H groups in total. The minimum absolute atomic E-state index is 0.0445. The largest absolute Gasteiger partial charge is 0.488 e. The van der Waals surface area contributed by atoms with E-state index in [0.717, 1.165) is 48.8 Å². The maximum atomic E-state index is 13.5. The molecule has 0 spiro atoms. The lowest BCUT2D eigenvalue weighted by Gasteiger charge is -2.31. The van der Waals surface area contributed by atoms with Gasteiger partial charge in [-0.3, -0.25) is 19.5 Å². The van der Waals surface area contributed by atoms with Gasteiger partial charge in [0.05, 0.1) is 35.6 Å². The number of rotatable bonds is 11. The first-order chi connectivity index (χ1) is 23.7. The highest BCUT2D eigenvalue weighted by molar-refractivity contribution is 6.32. The van der Waals surface area contributed by atoms with Gasteiger partial charge >= 0.3 is 5.97 Å². The van der Waals surface area contributed by atoms with Crippen LogP contribution in [-0.4, -0.2) is 112 Å². The van der Waals surface area contributed by atoms with Crippen molar-refractivity contribution in [2.24, 2.45) is 4.99 Å². The fourth-order valence-electron chi connectivity index (χ4n) is 6.09. The number of aliphatic carboxylic acids is 1. The Labute approximate surface area is 287 Å². The summed E-state index contributed by atoms with van der Waals surface area (Å²) in [6.45, 7) is 4.47. The number of carbonyl (C=O) groups is 3. The molecule has 4 aromatic rings. The highest BCUT2D eigenvalue weighted by Crippen LogP contribution is 2.32. The third-order valence-electron chi connectivity index (χ3n) is 8.70. The number of amides is 2. The maximum Gasteiger partial charge on any atom is 0.326 e. The van der Waals surface area contributed by atoms with E-state index in [1.807, 2.05) is 36.4 Å². The van der Waals surface area contributed by atoms with Gasteiger partial charge in [-0.25, -0.2) is 13.9 Å². The molecular weight excluding hydrogens is 653 g/mol. The number of hydrogen-bond donors (Lipinski definition) is 2. The number of ether oxygens (including phenoxy) is 1. The summed E-state index contributed by atoms with van der Waals surface area (Å²) in [6.07, 6.45) is 4.92. The van der Waals surface area contributed by atoms with E-state index in [1.165, 1.54) is 34.1 Å². The summed E-state index contributed by atoms with van der Waals surface area (Å²) in [7, 11) is 0. The van der Waals surface area contributed by atoms with Crippen LogP contribution < -0.4 is 10.5 Å². The Balaban J connectivity index is 1.13. The molecule has 2 aliphatic heterocycles. The highest BCUT2D eigenvalue weighted by atomic mass is 35.5. The summed E-state index contributed by atoms with van der Waals surface area (Å²) in [4.78, 5) is 46.6. The molecule has 1 aromatic heterocycles. The zero-order chi connectivity index (χ0) is 34.5. The number of nitrogens with two attached hydrogens (primary N) is 1. The summed E-state index contributed by atoms with van der Waals surface area (Å²) in [5, 5.41) is 14.3. The number of benzene rings is 3. The van der Waals surface area contributed by atoms with Gasteiger partial charge in [0.2, 0.25) is 6.41 Å². The standard InChI is InChI=1S/C35H35ClFN7O5/c36-30-16-25(37)7-8-32(30)44-20-24(18-40-44)34(46)43-21-27(17-33(43)35(47)48)49-26-4-1-3-23(15-26)28-5-2-6-31(38)29(28)19-39-9-10-41-11-13-42(22-45)14-12-41/h1-8,15-16,18-20,22,27,33H,9-14,17,21,38H2,(H,47,48). The number of carbonyl (C=O) groups excluding carboxylic acids is 2. The molecule has 2 fully saturated rings. The molecule has 0 bridgehead atoms. The molecule has 2 atom stereocenters. The summed E-state index contributed by atoms with van der Waals surface area (Å²) < 4.78 is 21.1. The second-order valence-corrected chi connectivity index (χ2v) is 12.3. The minimum Gasteiger partial charge on any atom is -0.488 e. The summed E-state index contributed by atoms with van der Waals surface area (Å²) >= 11 is 6.16. The average Bonchev–Trinajstić information content (AvgIpc) is 3.76. The first kappa shape index (κ1) is 33.6. The average molecular weight is 688 g/mol. The van der Waals surface area contributed by atoms with Gasteiger partial charge in [-0.15, -0.1) is 0 Å². The number of anilines is 1. The summed E-state index contributed by atoms with van der Waals surface area (Å²) in [6, 6.07) is 15.7. The van der Waals surface area contributed by atoms with Crippen LogP contribution in [0.2, 0.25) is 5.02 Å². The van der Waals surface area contributed by atoms with Gasteiger partial charge in [-0.1, -0.05) is 35.9 Å². The molecule has 0 aliphatic carbocycles. The molecule has 0 radical (unpaired) electrons. The maximum absolute atomic E-state index is 13.5.